The van der Waals surface area contributed by atoms with Gasteiger partial charge in [-0.05, 0) is 51.1 Å². The monoisotopic (exact) mass is 364 g/mol. The number of hydrogen-bond acceptors (Lipinski definition) is 7. The SMILES string of the molecule is CCCCOc1nc(N)c(NC)c(N(C=O)CCCC2CCNCC2)n1. The van der Waals surface area contributed by atoms with Gasteiger partial charge in [0.05, 0.1) is 6.61 Å². The Bertz CT molecular complexity index is 563. The van der Waals surface area contributed by atoms with Crippen LogP contribution in [0.2, 0.25) is 0 Å². The Morgan fingerprint density at radius 1 is 1.35 bits per heavy atom. The molecule has 4 N–H and O–H groups in total. The van der Waals surface area contributed by atoms with Crippen LogP contribution in [-0.2, 0) is 4.79 Å². The van der Waals surface area contributed by atoms with E-state index in [1.807, 2.05) is 0 Å². The maximum Gasteiger partial charge on any atom is 0.320 e. The van der Waals surface area contributed by atoms with Gasteiger partial charge in [0.2, 0.25) is 6.41 Å². The molecule has 0 radical (unpaired) electrons. The third-order valence-corrected chi connectivity index (χ3v) is 4.75. The topological polar surface area (TPSA) is 105 Å². The highest BCUT2D eigenvalue weighted by atomic mass is 16.5. The zero-order valence-corrected chi connectivity index (χ0v) is 16.0. The molecule has 1 aromatic rings. The summed E-state index contributed by atoms with van der Waals surface area (Å²) in [5.74, 6) is 1.50. The summed E-state index contributed by atoms with van der Waals surface area (Å²) in [6.45, 7) is 5.41. The number of aromatic nitrogens is 2. The van der Waals surface area contributed by atoms with Gasteiger partial charge in [-0.3, -0.25) is 9.69 Å². The fourth-order valence-electron chi connectivity index (χ4n) is 3.19. The molecule has 1 aliphatic rings. The Labute approximate surface area is 155 Å². The molecule has 146 valence electrons. The van der Waals surface area contributed by atoms with Crippen molar-refractivity contribution in [2.24, 2.45) is 5.92 Å². The van der Waals surface area contributed by atoms with Crippen molar-refractivity contribution in [2.45, 2.75) is 45.4 Å². The number of nitrogen functional groups attached to an aromatic ring is 1. The predicted octanol–water partition coefficient (Wildman–Crippen LogP) is 2.02. The highest BCUT2D eigenvalue weighted by molar-refractivity contribution is 5.85. The van der Waals surface area contributed by atoms with Crippen LogP contribution in [0.25, 0.3) is 0 Å². The van der Waals surface area contributed by atoms with E-state index in [0.29, 0.717) is 24.7 Å². The molecular weight excluding hydrogens is 332 g/mol. The lowest BCUT2D eigenvalue weighted by Gasteiger charge is -2.24. The van der Waals surface area contributed by atoms with Crippen LogP contribution in [0.1, 0.15) is 45.4 Å². The first-order valence-electron chi connectivity index (χ1n) is 9.60. The van der Waals surface area contributed by atoms with Gasteiger partial charge in [-0.1, -0.05) is 13.3 Å². The van der Waals surface area contributed by atoms with Gasteiger partial charge >= 0.3 is 6.01 Å². The molecule has 8 heteroatoms. The van der Waals surface area contributed by atoms with E-state index in [1.54, 1.807) is 11.9 Å². The predicted molar refractivity (Wildman–Crippen MR) is 105 cm³/mol. The maximum atomic E-state index is 11.7. The quantitative estimate of drug-likeness (QED) is 0.407. The molecule has 2 heterocycles. The average molecular weight is 364 g/mol. The Balaban J connectivity index is 2.04. The summed E-state index contributed by atoms with van der Waals surface area (Å²) in [7, 11) is 1.74. The Hall–Kier alpha value is -2.09. The third-order valence-electron chi connectivity index (χ3n) is 4.75. The second-order valence-corrected chi connectivity index (χ2v) is 6.68. The van der Waals surface area contributed by atoms with Gasteiger partial charge in [0.25, 0.3) is 0 Å². The number of amides is 1. The molecule has 8 nitrogen and oxygen atoms in total. The molecule has 0 atom stereocenters. The molecule has 1 aromatic heterocycles. The molecule has 0 aromatic carbocycles. The van der Waals surface area contributed by atoms with Gasteiger partial charge in [-0.15, -0.1) is 0 Å². The molecule has 0 bridgehead atoms. The first-order chi connectivity index (χ1) is 12.7. The van der Waals surface area contributed by atoms with Gasteiger partial charge in [-0.2, -0.15) is 9.97 Å². The number of hydrogen-bond donors (Lipinski definition) is 3. The zero-order valence-electron chi connectivity index (χ0n) is 16.0. The normalized spacial score (nSPS) is 14.8. The number of nitrogens with one attached hydrogen (secondary N) is 2. The molecule has 1 saturated heterocycles. The lowest BCUT2D eigenvalue weighted by Crippen LogP contribution is -2.29. The number of nitrogens with zero attached hydrogens (tertiary/aromatic N) is 3. The summed E-state index contributed by atoms with van der Waals surface area (Å²) in [5, 5.41) is 6.38. The van der Waals surface area contributed by atoms with E-state index < -0.39 is 0 Å². The second kappa shape index (κ2) is 10.8. The molecule has 26 heavy (non-hydrogen) atoms. The van der Waals surface area contributed by atoms with E-state index >= 15 is 0 Å². The highest BCUT2D eigenvalue weighted by Crippen LogP contribution is 2.30. The van der Waals surface area contributed by atoms with Crippen LogP contribution in [0, 0.1) is 5.92 Å². The summed E-state index contributed by atoms with van der Waals surface area (Å²) in [5.41, 5.74) is 6.59. The lowest BCUT2D eigenvalue weighted by molar-refractivity contribution is -0.107. The Morgan fingerprint density at radius 3 is 2.77 bits per heavy atom. The fraction of sp³-hybridized carbons (Fsp3) is 0.722. The minimum Gasteiger partial charge on any atom is -0.463 e. The molecule has 2 rings (SSSR count). The number of unbranched alkanes of at least 4 members (excludes halogenated alkanes) is 1. The standard InChI is InChI=1S/C18H32N6O2/c1-3-4-12-26-18-22-16(19)15(20-2)17(23-18)24(13-25)11-5-6-14-7-9-21-10-8-14/h13-14,20-21H,3-12H2,1-2H3,(H2,19,22,23). The largest absolute Gasteiger partial charge is 0.463 e. The summed E-state index contributed by atoms with van der Waals surface area (Å²) in [4.78, 5) is 21.9. The zero-order chi connectivity index (χ0) is 18.8. The molecule has 1 aliphatic heterocycles. The summed E-state index contributed by atoms with van der Waals surface area (Å²) in [6.07, 6.45) is 7.20. The van der Waals surface area contributed by atoms with Crippen molar-refractivity contribution in [3.05, 3.63) is 0 Å². The van der Waals surface area contributed by atoms with Crippen LogP contribution in [0.5, 0.6) is 6.01 Å². The molecular formula is C18H32N6O2. The number of piperidine rings is 1. The van der Waals surface area contributed by atoms with E-state index in [4.69, 9.17) is 10.5 Å². The number of rotatable bonds is 11. The summed E-state index contributed by atoms with van der Waals surface area (Å²) < 4.78 is 5.58. The first-order valence-corrected chi connectivity index (χ1v) is 9.60. The molecule has 0 saturated carbocycles. The van der Waals surface area contributed by atoms with Gasteiger partial charge in [0.1, 0.15) is 5.69 Å². The van der Waals surface area contributed by atoms with Crippen LogP contribution in [0.3, 0.4) is 0 Å². The fourth-order valence-corrected chi connectivity index (χ4v) is 3.19. The highest BCUT2D eigenvalue weighted by Gasteiger charge is 2.19. The van der Waals surface area contributed by atoms with Crippen molar-refractivity contribution in [3.8, 4) is 6.01 Å². The van der Waals surface area contributed by atoms with Gasteiger partial charge in [-0.25, -0.2) is 0 Å². The van der Waals surface area contributed by atoms with E-state index in [0.717, 1.165) is 51.1 Å². The summed E-state index contributed by atoms with van der Waals surface area (Å²) in [6, 6.07) is 0.218. The van der Waals surface area contributed by atoms with Crippen molar-refractivity contribution < 1.29 is 9.53 Å². The molecule has 1 fully saturated rings. The van der Waals surface area contributed by atoms with E-state index in [1.165, 1.54) is 12.8 Å². The van der Waals surface area contributed by atoms with E-state index in [-0.39, 0.29) is 11.8 Å². The smallest absolute Gasteiger partial charge is 0.320 e. The van der Waals surface area contributed by atoms with Gasteiger partial charge in [0.15, 0.2) is 11.6 Å². The number of ether oxygens (including phenoxy) is 1. The van der Waals surface area contributed by atoms with Crippen molar-refractivity contribution in [2.75, 3.05) is 49.2 Å². The number of carbonyl (C=O) groups is 1. The Kier molecular flexibility index (Phi) is 8.40. The van der Waals surface area contributed by atoms with Gasteiger partial charge < -0.3 is 21.1 Å². The van der Waals surface area contributed by atoms with Gasteiger partial charge in [0, 0.05) is 13.6 Å². The van der Waals surface area contributed by atoms with Crippen LogP contribution >= 0.6 is 0 Å². The van der Waals surface area contributed by atoms with Crippen LogP contribution in [0.15, 0.2) is 0 Å². The number of nitrogens with two attached hydrogens (primary N) is 1. The first kappa shape index (κ1) is 20.2. The number of anilines is 3. The molecule has 1 amide bonds. The minimum atomic E-state index is 0.218. The Morgan fingerprint density at radius 2 is 2.12 bits per heavy atom. The van der Waals surface area contributed by atoms with Crippen molar-refractivity contribution >= 4 is 23.7 Å². The second-order valence-electron chi connectivity index (χ2n) is 6.68. The molecule has 0 aliphatic carbocycles. The maximum absolute atomic E-state index is 11.7. The summed E-state index contributed by atoms with van der Waals surface area (Å²) >= 11 is 0. The van der Waals surface area contributed by atoms with Crippen LogP contribution < -0.4 is 26.0 Å². The number of carbonyl (C=O) groups excluding carboxylic acids is 1. The van der Waals surface area contributed by atoms with E-state index in [2.05, 4.69) is 27.5 Å². The van der Waals surface area contributed by atoms with E-state index in [9.17, 15) is 4.79 Å². The lowest BCUT2D eigenvalue weighted by atomic mass is 9.93. The van der Waals surface area contributed by atoms with Crippen LogP contribution in [-0.4, -0.2) is 49.7 Å². The molecule has 0 unspecified atom stereocenters. The minimum absolute atomic E-state index is 0.218. The third kappa shape index (κ3) is 5.72. The van der Waals surface area contributed by atoms with Crippen molar-refractivity contribution in [1.82, 2.24) is 15.3 Å². The van der Waals surface area contributed by atoms with Crippen LogP contribution in [0.4, 0.5) is 17.3 Å². The van der Waals surface area contributed by atoms with Crippen molar-refractivity contribution in [3.63, 3.8) is 0 Å². The molecule has 0 spiro atoms. The average Bonchev–Trinajstić information content (AvgIpc) is 2.66. The van der Waals surface area contributed by atoms with Crippen molar-refractivity contribution in [1.29, 1.82) is 0 Å².